The van der Waals surface area contributed by atoms with Crippen LogP contribution < -0.4 is 0 Å². The SMILES string of the molecule is Oc1cccc(-c2nnc3c4c5c(sc4ncn23)CCCC5)c1. The first-order valence-corrected chi connectivity index (χ1v) is 8.56. The van der Waals surface area contributed by atoms with Gasteiger partial charge >= 0.3 is 0 Å². The van der Waals surface area contributed by atoms with Crippen LogP contribution in [0.15, 0.2) is 30.6 Å². The van der Waals surface area contributed by atoms with Crippen molar-refractivity contribution in [1.29, 1.82) is 0 Å². The van der Waals surface area contributed by atoms with E-state index in [2.05, 4.69) is 15.2 Å². The van der Waals surface area contributed by atoms with Crippen LogP contribution in [0.4, 0.5) is 0 Å². The molecule has 0 spiro atoms. The summed E-state index contributed by atoms with van der Waals surface area (Å²) in [5.74, 6) is 0.933. The molecule has 1 aliphatic rings. The predicted octanol–water partition coefficient (Wildman–Crippen LogP) is 3.59. The summed E-state index contributed by atoms with van der Waals surface area (Å²) in [7, 11) is 0. The van der Waals surface area contributed by atoms with Gasteiger partial charge in [0.1, 0.15) is 16.9 Å². The van der Waals surface area contributed by atoms with Crippen molar-refractivity contribution in [3.8, 4) is 17.1 Å². The smallest absolute Gasteiger partial charge is 0.172 e. The van der Waals surface area contributed by atoms with Crippen molar-refractivity contribution >= 4 is 27.2 Å². The Morgan fingerprint density at radius 2 is 2.04 bits per heavy atom. The van der Waals surface area contributed by atoms with E-state index in [0.29, 0.717) is 5.82 Å². The molecule has 0 unspecified atom stereocenters. The second-order valence-corrected chi connectivity index (χ2v) is 6.99. The van der Waals surface area contributed by atoms with E-state index in [1.54, 1.807) is 29.8 Å². The second-order valence-electron chi connectivity index (χ2n) is 5.90. The number of aryl methyl sites for hydroxylation is 2. The van der Waals surface area contributed by atoms with Crippen molar-refractivity contribution < 1.29 is 5.11 Å². The lowest BCUT2D eigenvalue weighted by Gasteiger charge is -2.10. The van der Waals surface area contributed by atoms with Crippen LogP contribution in [0.1, 0.15) is 23.3 Å². The summed E-state index contributed by atoms with van der Waals surface area (Å²) in [4.78, 5) is 7.14. The zero-order valence-corrected chi connectivity index (χ0v) is 13.2. The number of hydrogen-bond acceptors (Lipinski definition) is 5. The number of aromatic hydroxyl groups is 1. The summed E-state index contributed by atoms with van der Waals surface area (Å²) < 4.78 is 1.93. The average molecular weight is 322 g/mol. The first-order valence-electron chi connectivity index (χ1n) is 7.74. The van der Waals surface area contributed by atoms with Crippen LogP contribution in [0.25, 0.3) is 27.3 Å². The van der Waals surface area contributed by atoms with Crippen molar-refractivity contribution in [2.24, 2.45) is 0 Å². The van der Waals surface area contributed by atoms with Crippen LogP contribution in [0.2, 0.25) is 0 Å². The number of rotatable bonds is 1. The molecule has 6 heteroatoms. The Labute approximate surface area is 136 Å². The predicted molar refractivity (Wildman–Crippen MR) is 89.9 cm³/mol. The number of phenolic OH excluding ortho intramolecular Hbond substituents is 1. The standard InChI is InChI=1S/C17H14N4OS/c22-11-5-3-4-10(8-11)15-19-20-16-14-12-6-1-2-7-13(12)23-17(14)18-9-21(15)16/h3-5,8-9,22H,1-2,6-7H2. The van der Waals surface area contributed by atoms with Crippen LogP contribution in [-0.4, -0.2) is 24.7 Å². The van der Waals surface area contributed by atoms with Gasteiger partial charge in [-0.2, -0.15) is 0 Å². The summed E-state index contributed by atoms with van der Waals surface area (Å²) in [5.41, 5.74) is 3.11. The minimum atomic E-state index is 0.223. The zero-order valence-electron chi connectivity index (χ0n) is 12.4. The Morgan fingerprint density at radius 1 is 1.13 bits per heavy atom. The van der Waals surface area contributed by atoms with Gasteiger partial charge in [0.25, 0.3) is 0 Å². The highest BCUT2D eigenvalue weighted by molar-refractivity contribution is 7.19. The van der Waals surface area contributed by atoms with Gasteiger partial charge in [-0.25, -0.2) is 4.98 Å². The molecule has 1 aromatic carbocycles. The Kier molecular flexibility index (Phi) is 2.69. The topological polar surface area (TPSA) is 63.3 Å². The summed E-state index contributed by atoms with van der Waals surface area (Å²) in [6, 6.07) is 7.08. The van der Waals surface area contributed by atoms with E-state index in [9.17, 15) is 5.11 Å². The van der Waals surface area contributed by atoms with Gasteiger partial charge in [0.15, 0.2) is 11.5 Å². The molecule has 0 saturated carbocycles. The number of benzene rings is 1. The van der Waals surface area contributed by atoms with Gasteiger partial charge in [0.05, 0.1) is 5.39 Å². The molecule has 1 aliphatic carbocycles. The molecule has 4 aromatic rings. The first-order chi connectivity index (χ1) is 11.3. The third kappa shape index (κ3) is 1.88. The molecule has 3 aromatic heterocycles. The minimum Gasteiger partial charge on any atom is -0.508 e. The third-order valence-corrected chi connectivity index (χ3v) is 5.67. The number of aromatic nitrogens is 4. The fourth-order valence-electron chi connectivity index (χ4n) is 3.40. The molecule has 0 radical (unpaired) electrons. The Morgan fingerprint density at radius 3 is 2.96 bits per heavy atom. The van der Waals surface area contributed by atoms with E-state index in [1.807, 2.05) is 16.5 Å². The van der Waals surface area contributed by atoms with Crippen LogP contribution in [0.3, 0.4) is 0 Å². The maximum atomic E-state index is 9.71. The van der Waals surface area contributed by atoms with Crippen molar-refractivity contribution in [2.75, 3.05) is 0 Å². The van der Waals surface area contributed by atoms with Crippen molar-refractivity contribution in [1.82, 2.24) is 19.6 Å². The third-order valence-electron chi connectivity index (χ3n) is 4.47. The molecular formula is C17H14N4OS. The van der Waals surface area contributed by atoms with Gasteiger partial charge in [-0.05, 0) is 43.4 Å². The van der Waals surface area contributed by atoms with E-state index in [1.165, 1.54) is 23.3 Å². The maximum absolute atomic E-state index is 9.71. The summed E-state index contributed by atoms with van der Waals surface area (Å²) >= 11 is 1.79. The van der Waals surface area contributed by atoms with Crippen molar-refractivity contribution in [2.45, 2.75) is 25.7 Å². The molecule has 3 heterocycles. The minimum absolute atomic E-state index is 0.223. The first kappa shape index (κ1) is 13.0. The van der Waals surface area contributed by atoms with Crippen LogP contribution in [-0.2, 0) is 12.8 Å². The molecule has 114 valence electrons. The van der Waals surface area contributed by atoms with E-state index in [4.69, 9.17) is 0 Å². The quantitative estimate of drug-likeness (QED) is 0.582. The lowest BCUT2D eigenvalue weighted by molar-refractivity contribution is 0.475. The fraction of sp³-hybridized carbons (Fsp3) is 0.235. The number of nitrogens with zero attached hydrogens (tertiary/aromatic N) is 4. The van der Waals surface area contributed by atoms with Crippen LogP contribution in [0.5, 0.6) is 5.75 Å². The van der Waals surface area contributed by atoms with Crippen molar-refractivity contribution in [3.63, 3.8) is 0 Å². The molecule has 0 fully saturated rings. The molecule has 5 rings (SSSR count). The summed E-state index contributed by atoms with van der Waals surface area (Å²) in [6.45, 7) is 0. The van der Waals surface area contributed by atoms with Gasteiger partial charge < -0.3 is 5.11 Å². The highest BCUT2D eigenvalue weighted by Crippen LogP contribution is 2.37. The fourth-order valence-corrected chi connectivity index (χ4v) is 4.62. The maximum Gasteiger partial charge on any atom is 0.172 e. The van der Waals surface area contributed by atoms with E-state index >= 15 is 0 Å². The van der Waals surface area contributed by atoms with Gasteiger partial charge in [0.2, 0.25) is 0 Å². The average Bonchev–Trinajstić information content (AvgIpc) is 3.15. The normalized spacial score (nSPS) is 14.4. The van der Waals surface area contributed by atoms with Crippen LogP contribution >= 0.6 is 11.3 Å². The number of phenols is 1. The summed E-state index contributed by atoms with van der Waals surface area (Å²) in [5, 5.41) is 19.7. The molecule has 23 heavy (non-hydrogen) atoms. The van der Waals surface area contributed by atoms with Crippen LogP contribution in [0, 0.1) is 0 Å². The van der Waals surface area contributed by atoms with E-state index < -0.39 is 0 Å². The van der Waals surface area contributed by atoms with Gasteiger partial charge in [-0.15, -0.1) is 21.5 Å². The lowest BCUT2D eigenvalue weighted by atomic mass is 9.97. The lowest BCUT2D eigenvalue weighted by Crippen LogP contribution is -1.99. The molecule has 0 aliphatic heterocycles. The molecule has 0 atom stereocenters. The highest BCUT2D eigenvalue weighted by atomic mass is 32.1. The Bertz CT molecular complexity index is 1050. The van der Waals surface area contributed by atoms with Gasteiger partial charge in [0, 0.05) is 10.4 Å². The summed E-state index contributed by atoms with van der Waals surface area (Å²) in [6.07, 6.45) is 6.53. The van der Waals surface area contributed by atoms with E-state index in [0.717, 1.165) is 34.3 Å². The van der Waals surface area contributed by atoms with E-state index in [-0.39, 0.29) is 5.75 Å². The highest BCUT2D eigenvalue weighted by Gasteiger charge is 2.21. The molecule has 1 N–H and O–H groups in total. The molecule has 0 bridgehead atoms. The largest absolute Gasteiger partial charge is 0.508 e. The number of hydrogen-bond donors (Lipinski definition) is 1. The monoisotopic (exact) mass is 322 g/mol. The molecule has 5 nitrogen and oxygen atoms in total. The molecule has 0 saturated heterocycles. The molecular weight excluding hydrogens is 308 g/mol. The number of fused-ring (bicyclic) bond motifs is 5. The zero-order chi connectivity index (χ0) is 15.4. The second kappa shape index (κ2) is 4.76. The van der Waals surface area contributed by atoms with Gasteiger partial charge in [-0.3, -0.25) is 4.40 Å². The number of thiophene rings is 1. The molecule has 0 amide bonds. The van der Waals surface area contributed by atoms with Crippen molar-refractivity contribution in [3.05, 3.63) is 41.0 Å². The van der Waals surface area contributed by atoms with Gasteiger partial charge in [-0.1, -0.05) is 12.1 Å². The Balaban J connectivity index is 1.81. The Hall–Kier alpha value is -2.47.